The predicted molar refractivity (Wildman–Crippen MR) is 91.1 cm³/mol. The second kappa shape index (κ2) is 7.57. The molecule has 0 unspecified atom stereocenters. The van der Waals surface area contributed by atoms with Gasteiger partial charge in [-0.05, 0) is 44.4 Å². The first-order valence-corrected chi connectivity index (χ1v) is 8.45. The fourth-order valence-corrected chi connectivity index (χ4v) is 2.71. The lowest BCUT2D eigenvalue weighted by atomic mass is 9.94. The fourth-order valence-electron chi connectivity index (χ4n) is 2.71. The van der Waals surface area contributed by atoms with Crippen molar-refractivity contribution in [2.75, 3.05) is 26.3 Å². The van der Waals surface area contributed by atoms with Crippen LogP contribution in [0.15, 0.2) is 18.2 Å². The van der Waals surface area contributed by atoms with E-state index in [1.807, 2.05) is 36.9 Å². The Hall–Kier alpha value is -1.91. The number of fused-ring (bicyclic) bond motifs is 1. The molecule has 1 aliphatic rings. The van der Waals surface area contributed by atoms with E-state index in [0.29, 0.717) is 13.2 Å². The summed E-state index contributed by atoms with van der Waals surface area (Å²) in [6.07, 6.45) is 1.91. The van der Waals surface area contributed by atoms with Gasteiger partial charge in [-0.3, -0.25) is 0 Å². The Bertz CT molecular complexity index is 537. The zero-order valence-electron chi connectivity index (χ0n) is 14.6. The number of nitrogens with zero attached hydrogens (tertiary/aromatic N) is 1. The van der Waals surface area contributed by atoms with Gasteiger partial charge in [0, 0.05) is 13.1 Å². The Morgan fingerprint density at radius 1 is 1.13 bits per heavy atom. The van der Waals surface area contributed by atoms with Crippen molar-refractivity contribution in [1.29, 1.82) is 0 Å². The molecule has 0 saturated heterocycles. The van der Waals surface area contributed by atoms with Crippen LogP contribution in [0.4, 0.5) is 4.79 Å². The molecule has 0 bridgehead atoms. The molecule has 1 heterocycles. The normalized spacial score (nSPS) is 13.6. The molecular weight excluding hydrogens is 292 g/mol. The molecule has 5 nitrogen and oxygen atoms in total. The number of hydrogen-bond donors (Lipinski definition) is 1. The molecule has 0 fully saturated rings. The van der Waals surface area contributed by atoms with Crippen LogP contribution < -0.4 is 14.8 Å². The molecule has 1 aliphatic heterocycles. The summed E-state index contributed by atoms with van der Waals surface area (Å²) in [6, 6.07) is 5.83. The molecular formula is C18H28N2O3. The number of amides is 2. The molecule has 0 saturated carbocycles. The minimum Gasteiger partial charge on any atom is -0.486 e. The Balaban J connectivity index is 2.12. The molecule has 1 N–H and O–H groups in total. The number of carbonyl (C=O) groups excluding carboxylic acids is 1. The maximum absolute atomic E-state index is 12.6. The maximum Gasteiger partial charge on any atom is 0.318 e. The summed E-state index contributed by atoms with van der Waals surface area (Å²) in [5.74, 6) is 1.51. The number of benzene rings is 1. The van der Waals surface area contributed by atoms with Crippen LogP contribution in [0.2, 0.25) is 0 Å². The lowest BCUT2D eigenvalue weighted by molar-refractivity contribution is 0.170. The van der Waals surface area contributed by atoms with Crippen LogP contribution in [0, 0.1) is 0 Å². The summed E-state index contributed by atoms with van der Waals surface area (Å²) < 4.78 is 11.2. The van der Waals surface area contributed by atoms with Gasteiger partial charge in [-0.15, -0.1) is 0 Å². The topological polar surface area (TPSA) is 50.8 Å². The SMILES string of the molecule is CCCN(CCC)C(=O)NC(C)(C)c1ccc2c(c1)OCCO2. The van der Waals surface area contributed by atoms with Gasteiger partial charge in [-0.25, -0.2) is 4.79 Å². The highest BCUT2D eigenvalue weighted by molar-refractivity contribution is 5.75. The molecule has 0 aromatic heterocycles. The molecule has 0 aliphatic carbocycles. The van der Waals surface area contributed by atoms with Gasteiger partial charge in [0.15, 0.2) is 11.5 Å². The minimum atomic E-state index is -0.480. The van der Waals surface area contributed by atoms with E-state index < -0.39 is 5.54 Å². The summed E-state index contributed by atoms with van der Waals surface area (Å²) in [7, 11) is 0. The summed E-state index contributed by atoms with van der Waals surface area (Å²) >= 11 is 0. The molecule has 0 spiro atoms. The zero-order valence-corrected chi connectivity index (χ0v) is 14.6. The van der Waals surface area contributed by atoms with Crippen molar-refractivity contribution in [1.82, 2.24) is 10.2 Å². The summed E-state index contributed by atoms with van der Waals surface area (Å²) in [6.45, 7) is 10.9. The number of nitrogens with one attached hydrogen (secondary N) is 1. The minimum absolute atomic E-state index is 0.0198. The summed E-state index contributed by atoms with van der Waals surface area (Å²) in [5, 5.41) is 3.14. The molecule has 1 aromatic rings. The van der Waals surface area contributed by atoms with E-state index in [4.69, 9.17) is 9.47 Å². The first-order valence-electron chi connectivity index (χ1n) is 8.45. The van der Waals surface area contributed by atoms with Crippen LogP contribution in [0.25, 0.3) is 0 Å². The average molecular weight is 320 g/mol. The van der Waals surface area contributed by atoms with Gasteiger partial charge in [0.1, 0.15) is 13.2 Å². The van der Waals surface area contributed by atoms with E-state index >= 15 is 0 Å². The lowest BCUT2D eigenvalue weighted by Gasteiger charge is -2.32. The first kappa shape index (κ1) is 17.4. The average Bonchev–Trinajstić information content (AvgIpc) is 2.53. The van der Waals surface area contributed by atoms with E-state index in [1.54, 1.807) is 0 Å². The Morgan fingerprint density at radius 3 is 2.35 bits per heavy atom. The van der Waals surface area contributed by atoms with Gasteiger partial charge in [-0.1, -0.05) is 19.9 Å². The van der Waals surface area contributed by atoms with Crippen molar-refractivity contribution >= 4 is 6.03 Å². The smallest absolute Gasteiger partial charge is 0.318 e. The van der Waals surface area contributed by atoms with Gasteiger partial charge >= 0.3 is 6.03 Å². The Kier molecular flexibility index (Phi) is 5.74. The maximum atomic E-state index is 12.6. The largest absolute Gasteiger partial charge is 0.486 e. The number of hydrogen-bond acceptors (Lipinski definition) is 3. The molecule has 23 heavy (non-hydrogen) atoms. The number of carbonyl (C=O) groups is 1. The van der Waals surface area contributed by atoms with Crippen LogP contribution in [0.1, 0.15) is 46.1 Å². The summed E-state index contributed by atoms with van der Waals surface area (Å²) in [5.41, 5.74) is 0.523. The second-order valence-electron chi connectivity index (χ2n) is 6.40. The van der Waals surface area contributed by atoms with Crippen molar-refractivity contribution in [2.45, 2.75) is 46.1 Å². The van der Waals surface area contributed by atoms with Crippen molar-refractivity contribution in [3.8, 4) is 11.5 Å². The number of urea groups is 1. The van der Waals surface area contributed by atoms with Gasteiger partial charge in [0.2, 0.25) is 0 Å². The van der Waals surface area contributed by atoms with Crippen LogP contribution >= 0.6 is 0 Å². The molecule has 2 amide bonds. The molecule has 0 radical (unpaired) electrons. The third-order valence-corrected chi connectivity index (χ3v) is 3.96. The zero-order chi connectivity index (χ0) is 16.9. The molecule has 0 atom stereocenters. The second-order valence-corrected chi connectivity index (χ2v) is 6.40. The number of ether oxygens (including phenoxy) is 2. The molecule has 1 aromatic carbocycles. The quantitative estimate of drug-likeness (QED) is 0.872. The monoisotopic (exact) mass is 320 g/mol. The first-order chi connectivity index (χ1) is 11.0. The van der Waals surface area contributed by atoms with Crippen molar-refractivity contribution < 1.29 is 14.3 Å². The highest BCUT2D eigenvalue weighted by Crippen LogP contribution is 2.34. The van der Waals surface area contributed by atoms with Crippen molar-refractivity contribution in [2.24, 2.45) is 0 Å². The fraction of sp³-hybridized carbons (Fsp3) is 0.611. The van der Waals surface area contributed by atoms with E-state index in [0.717, 1.165) is 43.0 Å². The van der Waals surface area contributed by atoms with Gasteiger partial charge in [0.25, 0.3) is 0 Å². The highest BCUT2D eigenvalue weighted by Gasteiger charge is 2.27. The van der Waals surface area contributed by atoms with Gasteiger partial charge < -0.3 is 19.7 Å². The van der Waals surface area contributed by atoms with Crippen LogP contribution in [0.5, 0.6) is 11.5 Å². The van der Waals surface area contributed by atoms with Crippen LogP contribution in [-0.2, 0) is 5.54 Å². The number of rotatable bonds is 6. The van der Waals surface area contributed by atoms with Gasteiger partial charge in [-0.2, -0.15) is 0 Å². The molecule has 5 heteroatoms. The van der Waals surface area contributed by atoms with E-state index in [2.05, 4.69) is 19.2 Å². The molecule has 2 rings (SSSR count). The van der Waals surface area contributed by atoms with E-state index in [-0.39, 0.29) is 6.03 Å². The Morgan fingerprint density at radius 2 is 1.74 bits per heavy atom. The lowest BCUT2D eigenvalue weighted by Crippen LogP contribution is -2.48. The predicted octanol–water partition coefficient (Wildman–Crippen LogP) is 3.52. The van der Waals surface area contributed by atoms with Gasteiger partial charge in [0.05, 0.1) is 5.54 Å². The Labute approximate surface area is 139 Å². The van der Waals surface area contributed by atoms with Crippen molar-refractivity contribution in [3.63, 3.8) is 0 Å². The standard InChI is InChI=1S/C18H28N2O3/c1-5-9-20(10-6-2)17(21)19-18(3,4)14-7-8-15-16(13-14)23-12-11-22-15/h7-8,13H,5-6,9-12H2,1-4H3,(H,19,21). The highest BCUT2D eigenvalue weighted by atomic mass is 16.6. The summed E-state index contributed by atoms with van der Waals surface area (Å²) in [4.78, 5) is 14.4. The van der Waals surface area contributed by atoms with Crippen molar-refractivity contribution in [3.05, 3.63) is 23.8 Å². The third kappa shape index (κ3) is 4.30. The van der Waals surface area contributed by atoms with Crippen LogP contribution in [-0.4, -0.2) is 37.2 Å². The van der Waals surface area contributed by atoms with E-state index in [9.17, 15) is 4.79 Å². The molecule has 128 valence electrons. The van der Waals surface area contributed by atoms with E-state index in [1.165, 1.54) is 0 Å². The van der Waals surface area contributed by atoms with Crippen LogP contribution in [0.3, 0.4) is 0 Å². The third-order valence-electron chi connectivity index (χ3n) is 3.96.